The smallest absolute Gasteiger partial charge is 0.307 e. The molecule has 0 atom stereocenters. The van der Waals surface area contributed by atoms with Gasteiger partial charge in [-0.1, -0.05) is 27.7 Å². The third-order valence-electron chi connectivity index (χ3n) is 2.13. The van der Waals surface area contributed by atoms with Crippen molar-refractivity contribution in [2.45, 2.75) is 27.7 Å². The van der Waals surface area contributed by atoms with Crippen molar-refractivity contribution in [3.8, 4) is 0 Å². The highest BCUT2D eigenvalue weighted by atomic mass is 16.4. The van der Waals surface area contributed by atoms with Crippen molar-refractivity contribution in [1.29, 1.82) is 0 Å². The summed E-state index contributed by atoms with van der Waals surface area (Å²) in [5, 5.41) is 7.52. The zero-order valence-electron chi connectivity index (χ0n) is 12.6. The Bertz CT molecular complexity index is 498. The van der Waals surface area contributed by atoms with Crippen molar-refractivity contribution < 1.29 is 14.0 Å². The van der Waals surface area contributed by atoms with E-state index in [0.717, 1.165) is 0 Å². The average Bonchev–Trinajstić information content (AvgIpc) is 2.87. The van der Waals surface area contributed by atoms with Crippen molar-refractivity contribution in [3.63, 3.8) is 0 Å². The maximum Gasteiger partial charge on any atom is 0.307 e. The molecule has 0 aliphatic heterocycles. The van der Waals surface area contributed by atoms with E-state index in [2.05, 4.69) is 21.1 Å². The summed E-state index contributed by atoms with van der Waals surface area (Å²) in [6.07, 6.45) is 3.18. The second kappa shape index (κ2) is 7.98. The zero-order valence-corrected chi connectivity index (χ0v) is 12.6. The van der Waals surface area contributed by atoms with Gasteiger partial charge in [-0.15, -0.1) is 0 Å². The summed E-state index contributed by atoms with van der Waals surface area (Å²) in [6, 6.07) is 2.81. The van der Waals surface area contributed by atoms with Crippen molar-refractivity contribution >= 4 is 24.2 Å². The largest absolute Gasteiger partial charge is 0.446 e. The van der Waals surface area contributed by atoms with E-state index in [-0.39, 0.29) is 23.4 Å². The van der Waals surface area contributed by atoms with E-state index < -0.39 is 11.8 Å². The number of carbonyl (C=O) groups is 2. The molecule has 0 unspecified atom stereocenters. The highest BCUT2D eigenvalue weighted by Gasteiger charge is 2.15. The van der Waals surface area contributed by atoms with Crippen LogP contribution in [0, 0.1) is 11.8 Å². The third kappa shape index (κ3) is 6.03. The lowest BCUT2D eigenvalue weighted by atomic mass is 10.3. The molecule has 1 rings (SSSR count). The fourth-order valence-electron chi connectivity index (χ4n) is 1.18. The average molecular weight is 292 g/mol. The minimum Gasteiger partial charge on any atom is -0.446 e. The van der Waals surface area contributed by atoms with Crippen molar-refractivity contribution in [3.05, 3.63) is 23.7 Å². The number of carbonyl (C=O) groups excluding carboxylic acids is 2. The molecule has 0 aliphatic rings. The van der Waals surface area contributed by atoms with Crippen LogP contribution in [0.1, 0.15) is 48.8 Å². The fourth-order valence-corrected chi connectivity index (χ4v) is 1.18. The summed E-state index contributed by atoms with van der Waals surface area (Å²) in [5.74, 6) is -0.569. The first-order valence-corrected chi connectivity index (χ1v) is 6.67. The standard InChI is InChI=1S/C14H20N4O3/c1-9(2)7-15-17-13(19)11-5-6-12(21-11)14(20)18-16-8-10(3)4/h5-10H,1-4H3,(H,17,19)(H,18,20)/b15-7+,16-8+. The van der Waals surface area contributed by atoms with E-state index in [1.807, 2.05) is 27.7 Å². The molecule has 1 aromatic heterocycles. The lowest BCUT2D eigenvalue weighted by Gasteiger charge is -1.98. The predicted octanol–water partition coefficient (Wildman–Crippen LogP) is 2.02. The van der Waals surface area contributed by atoms with Crippen molar-refractivity contribution in [2.24, 2.45) is 22.0 Å². The molecule has 1 heterocycles. The first-order valence-electron chi connectivity index (χ1n) is 6.67. The summed E-state index contributed by atoms with van der Waals surface area (Å²) < 4.78 is 5.15. The number of nitrogens with one attached hydrogen (secondary N) is 2. The number of furan rings is 1. The van der Waals surface area contributed by atoms with Crippen LogP contribution in [0.3, 0.4) is 0 Å². The van der Waals surface area contributed by atoms with Gasteiger partial charge in [0.15, 0.2) is 11.5 Å². The Labute approximate surface area is 123 Å². The number of amides is 2. The Morgan fingerprint density at radius 2 is 1.33 bits per heavy atom. The molecule has 0 aromatic carbocycles. The SMILES string of the molecule is CC(C)/C=N/NC(=O)c1ccc(C(=O)N/N=C/C(C)C)o1. The van der Waals surface area contributed by atoms with Crippen LogP contribution in [0.15, 0.2) is 26.8 Å². The minimum atomic E-state index is -0.517. The number of rotatable bonds is 6. The molecule has 0 bridgehead atoms. The van der Waals surface area contributed by atoms with Gasteiger partial charge in [-0.2, -0.15) is 10.2 Å². The normalized spacial score (nSPS) is 11.7. The highest BCUT2D eigenvalue weighted by Crippen LogP contribution is 2.07. The molecule has 2 amide bonds. The summed E-state index contributed by atoms with van der Waals surface area (Å²) >= 11 is 0. The molecule has 7 heteroatoms. The second-order valence-electron chi connectivity index (χ2n) is 5.09. The molecule has 114 valence electrons. The van der Waals surface area contributed by atoms with Crippen LogP contribution in [-0.2, 0) is 0 Å². The lowest BCUT2D eigenvalue weighted by Crippen LogP contribution is -2.18. The van der Waals surface area contributed by atoms with E-state index >= 15 is 0 Å². The van der Waals surface area contributed by atoms with Gasteiger partial charge in [0.25, 0.3) is 0 Å². The van der Waals surface area contributed by atoms with E-state index in [9.17, 15) is 9.59 Å². The topological polar surface area (TPSA) is 96.1 Å². The predicted molar refractivity (Wildman–Crippen MR) is 80.3 cm³/mol. The van der Waals surface area contributed by atoms with Gasteiger partial charge in [0.2, 0.25) is 0 Å². The molecular formula is C14H20N4O3. The molecule has 0 radical (unpaired) electrons. The monoisotopic (exact) mass is 292 g/mol. The number of hydrogen-bond donors (Lipinski definition) is 2. The minimum absolute atomic E-state index is 0.00824. The van der Waals surface area contributed by atoms with Crippen LogP contribution in [0.25, 0.3) is 0 Å². The first-order chi connectivity index (χ1) is 9.90. The van der Waals surface area contributed by atoms with E-state index in [1.54, 1.807) is 12.4 Å². The number of hydrogen-bond acceptors (Lipinski definition) is 5. The summed E-state index contributed by atoms with van der Waals surface area (Å²) in [5.41, 5.74) is 4.63. The molecule has 2 N–H and O–H groups in total. The van der Waals surface area contributed by atoms with Gasteiger partial charge < -0.3 is 4.42 Å². The van der Waals surface area contributed by atoms with E-state index in [4.69, 9.17) is 4.42 Å². The van der Waals surface area contributed by atoms with Gasteiger partial charge >= 0.3 is 11.8 Å². The Balaban J connectivity index is 2.60. The van der Waals surface area contributed by atoms with Crippen LogP contribution < -0.4 is 10.9 Å². The molecule has 0 fully saturated rings. The van der Waals surface area contributed by atoms with Crippen LogP contribution in [-0.4, -0.2) is 24.2 Å². The molecule has 0 saturated heterocycles. The van der Waals surface area contributed by atoms with Gasteiger partial charge in [-0.25, -0.2) is 10.9 Å². The maximum atomic E-state index is 11.7. The molecule has 0 saturated carbocycles. The molecule has 7 nitrogen and oxygen atoms in total. The zero-order chi connectivity index (χ0) is 15.8. The van der Waals surface area contributed by atoms with Crippen LogP contribution >= 0.6 is 0 Å². The molecular weight excluding hydrogens is 272 g/mol. The number of hydrazone groups is 2. The number of nitrogens with zero attached hydrogens (tertiary/aromatic N) is 2. The Morgan fingerprint density at radius 3 is 1.67 bits per heavy atom. The van der Waals surface area contributed by atoms with Gasteiger partial charge in [-0.3, -0.25) is 9.59 Å². The summed E-state index contributed by atoms with van der Waals surface area (Å²) in [6.45, 7) is 7.73. The highest BCUT2D eigenvalue weighted by molar-refractivity contribution is 5.95. The van der Waals surface area contributed by atoms with E-state index in [1.165, 1.54) is 12.1 Å². The lowest BCUT2D eigenvalue weighted by molar-refractivity contribution is 0.0902. The van der Waals surface area contributed by atoms with E-state index in [0.29, 0.717) is 0 Å². The van der Waals surface area contributed by atoms with Gasteiger partial charge in [0, 0.05) is 12.4 Å². The molecule has 0 aliphatic carbocycles. The third-order valence-corrected chi connectivity index (χ3v) is 2.13. The Kier molecular flexibility index (Phi) is 6.32. The molecule has 1 aromatic rings. The molecule has 21 heavy (non-hydrogen) atoms. The quantitative estimate of drug-likeness (QED) is 0.620. The second-order valence-corrected chi connectivity index (χ2v) is 5.09. The first kappa shape index (κ1) is 16.6. The molecule has 0 spiro atoms. The summed E-state index contributed by atoms with van der Waals surface area (Å²) in [7, 11) is 0. The van der Waals surface area contributed by atoms with Crippen LogP contribution in [0.5, 0.6) is 0 Å². The summed E-state index contributed by atoms with van der Waals surface area (Å²) in [4.78, 5) is 23.4. The van der Waals surface area contributed by atoms with Crippen LogP contribution in [0.4, 0.5) is 0 Å². The Morgan fingerprint density at radius 1 is 0.952 bits per heavy atom. The van der Waals surface area contributed by atoms with Gasteiger partial charge in [0.1, 0.15) is 0 Å². The van der Waals surface area contributed by atoms with Gasteiger partial charge in [0.05, 0.1) is 0 Å². The van der Waals surface area contributed by atoms with Crippen molar-refractivity contribution in [2.75, 3.05) is 0 Å². The van der Waals surface area contributed by atoms with Gasteiger partial charge in [-0.05, 0) is 24.0 Å². The Hall–Kier alpha value is -2.44. The van der Waals surface area contributed by atoms with Crippen LogP contribution in [0.2, 0.25) is 0 Å². The fraction of sp³-hybridized carbons (Fsp3) is 0.429. The van der Waals surface area contributed by atoms with Crippen molar-refractivity contribution in [1.82, 2.24) is 10.9 Å². The maximum absolute atomic E-state index is 11.7.